The average Bonchev–Trinajstić information content (AvgIpc) is 2.95. The lowest BCUT2D eigenvalue weighted by Gasteiger charge is -2.29. The summed E-state index contributed by atoms with van der Waals surface area (Å²) in [4.78, 5) is 17.1. The van der Waals surface area contributed by atoms with Gasteiger partial charge in [-0.15, -0.1) is 0 Å². The van der Waals surface area contributed by atoms with Gasteiger partial charge in [0.2, 0.25) is 0 Å². The highest BCUT2D eigenvalue weighted by molar-refractivity contribution is 6.34. The minimum absolute atomic E-state index is 0.0239. The fourth-order valence-corrected chi connectivity index (χ4v) is 4.65. The Kier molecular flexibility index (Phi) is 5.45. The van der Waals surface area contributed by atoms with Crippen molar-refractivity contribution >= 4 is 29.1 Å². The van der Waals surface area contributed by atoms with E-state index in [2.05, 4.69) is 18.0 Å². The van der Waals surface area contributed by atoms with Crippen LogP contribution in [0, 0.1) is 5.92 Å². The first kappa shape index (κ1) is 18.8. The number of halogens is 2. The second kappa shape index (κ2) is 7.83. The molecule has 0 radical (unpaired) electrons. The first-order chi connectivity index (χ1) is 13.0. The summed E-state index contributed by atoms with van der Waals surface area (Å²) in [6.45, 7) is 3.52. The molecule has 1 amide bonds. The number of fused-ring (bicyclic) bond motifs is 1. The standard InChI is InChI=1S/C22H24Cl2N2O/c1-25-8-6-15(7-9-25)10-17-11-18-14-26(22(27)21(18)20(24)12-17)13-16-2-4-19(23)5-3-16/h2-5,11-12,15H,6-10,13-14H2,1H3. The molecule has 5 heteroatoms. The number of hydrogen-bond acceptors (Lipinski definition) is 2. The van der Waals surface area contributed by atoms with Gasteiger partial charge in [-0.1, -0.05) is 41.4 Å². The van der Waals surface area contributed by atoms with E-state index in [-0.39, 0.29) is 5.91 Å². The Morgan fingerprint density at radius 3 is 2.44 bits per heavy atom. The third-order valence-electron chi connectivity index (χ3n) is 5.74. The zero-order chi connectivity index (χ0) is 19.0. The molecule has 142 valence electrons. The molecule has 3 nitrogen and oxygen atoms in total. The van der Waals surface area contributed by atoms with Gasteiger partial charge < -0.3 is 9.80 Å². The van der Waals surface area contributed by atoms with Gasteiger partial charge in [0, 0.05) is 18.1 Å². The van der Waals surface area contributed by atoms with Crippen molar-refractivity contribution in [3.63, 3.8) is 0 Å². The van der Waals surface area contributed by atoms with Gasteiger partial charge in [0.15, 0.2) is 0 Å². The van der Waals surface area contributed by atoms with Crippen molar-refractivity contribution < 1.29 is 4.79 Å². The van der Waals surface area contributed by atoms with E-state index in [0.717, 1.165) is 30.6 Å². The number of amides is 1. The van der Waals surface area contributed by atoms with Crippen LogP contribution in [0.1, 0.15) is 39.9 Å². The maximum atomic E-state index is 12.8. The SMILES string of the molecule is CN1CCC(Cc2cc(Cl)c3c(c2)CN(Cc2ccc(Cl)cc2)C3=O)CC1. The van der Waals surface area contributed by atoms with Crippen LogP contribution in [0.3, 0.4) is 0 Å². The molecule has 4 rings (SSSR count). The smallest absolute Gasteiger partial charge is 0.256 e. The maximum absolute atomic E-state index is 12.8. The normalized spacial score (nSPS) is 18.2. The predicted molar refractivity (Wildman–Crippen MR) is 110 cm³/mol. The highest BCUT2D eigenvalue weighted by Gasteiger charge is 2.30. The Morgan fingerprint density at radius 1 is 1.04 bits per heavy atom. The van der Waals surface area contributed by atoms with E-state index in [0.29, 0.717) is 34.6 Å². The minimum atomic E-state index is 0.0239. The van der Waals surface area contributed by atoms with Crippen molar-refractivity contribution in [2.45, 2.75) is 32.4 Å². The van der Waals surface area contributed by atoms with Gasteiger partial charge in [0.25, 0.3) is 5.91 Å². The number of carbonyl (C=O) groups is 1. The van der Waals surface area contributed by atoms with Gasteiger partial charge in [-0.3, -0.25) is 4.79 Å². The molecular weight excluding hydrogens is 379 g/mol. The van der Waals surface area contributed by atoms with E-state index in [1.807, 2.05) is 35.2 Å². The summed E-state index contributed by atoms with van der Waals surface area (Å²) < 4.78 is 0. The topological polar surface area (TPSA) is 23.6 Å². The van der Waals surface area contributed by atoms with Gasteiger partial charge in [0.05, 0.1) is 10.6 Å². The molecule has 0 aromatic heterocycles. The number of carbonyl (C=O) groups excluding carboxylic acids is 1. The van der Waals surface area contributed by atoms with Gasteiger partial charge in [-0.2, -0.15) is 0 Å². The lowest BCUT2D eigenvalue weighted by molar-refractivity contribution is 0.0767. The summed E-state index contributed by atoms with van der Waals surface area (Å²) in [5, 5.41) is 1.30. The molecule has 1 saturated heterocycles. The maximum Gasteiger partial charge on any atom is 0.256 e. The monoisotopic (exact) mass is 402 g/mol. The third-order valence-corrected chi connectivity index (χ3v) is 6.29. The number of benzene rings is 2. The number of likely N-dealkylation sites (tertiary alicyclic amines) is 1. The van der Waals surface area contributed by atoms with Crippen molar-refractivity contribution in [2.75, 3.05) is 20.1 Å². The summed E-state index contributed by atoms with van der Waals surface area (Å²) in [5.41, 5.74) is 4.07. The molecule has 0 spiro atoms. The number of nitrogens with zero attached hydrogens (tertiary/aromatic N) is 2. The molecular formula is C22H24Cl2N2O. The van der Waals surface area contributed by atoms with Crippen molar-refractivity contribution in [3.05, 3.63) is 68.7 Å². The molecule has 27 heavy (non-hydrogen) atoms. The lowest BCUT2D eigenvalue weighted by Crippen LogP contribution is -2.30. The van der Waals surface area contributed by atoms with Gasteiger partial charge in [0.1, 0.15) is 0 Å². The Bertz CT molecular complexity index is 842. The van der Waals surface area contributed by atoms with E-state index in [1.54, 1.807) is 0 Å². The van der Waals surface area contributed by atoms with E-state index in [4.69, 9.17) is 23.2 Å². The van der Waals surface area contributed by atoms with Crippen LogP contribution in [0.2, 0.25) is 10.0 Å². The van der Waals surface area contributed by atoms with Crippen molar-refractivity contribution in [1.29, 1.82) is 0 Å². The summed E-state index contributed by atoms with van der Waals surface area (Å²) in [6.07, 6.45) is 3.51. The largest absolute Gasteiger partial charge is 0.330 e. The van der Waals surface area contributed by atoms with E-state index < -0.39 is 0 Å². The number of piperidine rings is 1. The molecule has 1 fully saturated rings. The number of hydrogen-bond donors (Lipinski definition) is 0. The van der Waals surface area contributed by atoms with Crippen LogP contribution in [0.4, 0.5) is 0 Å². The first-order valence-corrected chi connectivity index (χ1v) is 10.3. The van der Waals surface area contributed by atoms with Crippen molar-refractivity contribution in [2.24, 2.45) is 5.92 Å². The van der Waals surface area contributed by atoms with Crippen LogP contribution < -0.4 is 0 Å². The van der Waals surface area contributed by atoms with E-state index in [9.17, 15) is 4.79 Å². The molecule has 0 N–H and O–H groups in total. The van der Waals surface area contributed by atoms with Crippen molar-refractivity contribution in [3.8, 4) is 0 Å². The van der Waals surface area contributed by atoms with Gasteiger partial charge in [-0.05, 0) is 80.2 Å². The third kappa shape index (κ3) is 4.16. The molecule has 2 aromatic carbocycles. The van der Waals surface area contributed by atoms with Crippen LogP contribution >= 0.6 is 23.2 Å². The molecule has 2 aliphatic rings. The quantitative estimate of drug-likeness (QED) is 0.715. The van der Waals surface area contributed by atoms with Gasteiger partial charge in [-0.25, -0.2) is 0 Å². The first-order valence-electron chi connectivity index (χ1n) is 9.53. The van der Waals surface area contributed by atoms with Crippen LogP contribution in [-0.4, -0.2) is 35.8 Å². The van der Waals surface area contributed by atoms with Crippen molar-refractivity contribution in [1.82, 2.24) is 9.80 Å². The fourth-order valence-electron chi connectivity index (χ4n) is 4.18. The molecule has 0 saturated carbocycles. The summed E-state index contributed by atoms with van der Waals surface area (Å²) >= 11 is 12.5. The van der Waals surface area contributed by atoms with Crippen LogP contribution in [0.15, 0.2) is 36.4 Å². The van der Waals surface area contributed by atoms with E-state index in [1.165, 1.54) is 18.4 Å². The average molecular weight is 403 g/mol. The molecule has 0 atom stereocenters. The number of rotatable bonds is 4. The predicted octanol–water partition coefficient (Wildman–Crippen LogP) is 5.03. The summed E-state index contributed by atoms with van der Waals surface area (Å²) in [6, 6.07) is 11.8. The van der Waals surface area contributed by atoms with Gasteiger partial charge >= 0.3 is 0 Å². The Hall–Kier alpha value is -1.55. The molecule has 2 heterocycles. The Labute approximate surface area is 170 Å². The van der Waals surface area contributed by atoms with E-state index >= 15 is 0 Å². The molecule has 0 bridgehead atoms. The second-order valence-electron chi connectivity index (χ2n) is 7.85. The zero-order valence-electron chi connectivity index (χ0n) is 15.5. The van der Waals surface area contributed by atoms with Crippen LogP contribution in [0.25, 0.3) is 0 Å². The highest BCUT2D eigenvalue weighted by atomic mass is 35.5. The Morgan fingerprint density at radius 2 is 1.74 bits per heavy atom. The van der Waals surface area contributed by atoms with Crippen LogP contribution in [-0.2, 0) is 19.5 Å². The summed E-state index contributed by atoms with van der Waals surface area (Å²) in [7, 11) is 2.18. The molecule has 2 aliphatic heterocycles. The molecule has 2 aromatic rings. The molecule has 0 unspecified atom stereocenters. The Balaban J connectivity index is 1.49. The lowest BCUT2D eigenvalue weighted by atomic mass is 9.89. The van der Waals surface area contributed by atoms with Crippen LogP contribution in [0.5, 0.6) is 0 Å². The fraction of sp³-hybridized carbons (Fsp3) is 0.409. The summed E-state index contributed by atoms with van der Waals surface area (Å²) in [5.74, 6) is 0.730. The second-order valence-corrected chi connectivity index (χ2v) is 8.69. The zero-order valence-corrected chi connectivity index (χ0v) is 17.1. The minimum Gasteiger partial charge on any atom is -0.330 e. The highest BCUT2D eigenvalue weighted by Crippen LogP contribution is 2.33. The molecule has 0 aliphatic carbocycles.